The third-order valence-corrected chi connectivity index (χ3v) is 3.71. The standard InChI is InChI=1S/C12H18N2O/c1-11(2)7-12(11,8-13)10-9(15-3)5-4-6-14-10/h4-6H,7-8,13H2,1-3H3. The van der Waals surface area contributed by atoms with Crippen LogP contribution in [0, 0.1) is 5.41 Å². The van der Waals surface area contributed by atoms with Crippen LogP contribution >= 0.6 is 0 Å². The predicted molar refractivity (Wildman–Crippen MR) is 59.9 cm³/mol. The number of nitrogens with two attached hydrogens (primary N) is 1. The average molecular weight is 206 g/mol. The van der Waals surface area contributed by atoms with Crippen molar-refractivity contribution in [3.63, 3.8) is 0 Å². The van der Waals surface area contributed by atoms with Gasteiger partial charge in [0.2, 0.25) is 0 Å². The lowest BCUT2D eigenvalue weighted by Crippen LogP contribution is -2.27. The van der Waals surface area contributed by atoms with Gasteiger partial charge in [-0.15, -0.1) is 0 Å². The summed E-state index contributed by atoms with van der Waals surface area (Å²) in [5, 5.41) is 0. The van der Waals surface area contributed by atoms with E-state index in [1.165, 1.54) is 0 Å². The third-order valence-electron chi connectivity index (χ3n) is 3.71. The van der Waals surface area contributed by atoms with E-state index in [0.717, 1.165) is 17.9 Å². The molecule has 82 valence electrons. The van der Waals surface area contributed by atoms with Crippen LogP contribution < -0.4 is 10.5 Å². The number of ether oxygens (including phenoxy) is 1. The molecule has 1 saturated carbocycles. The van der Waals surface area contributed by atoms with Gasteiger partial charge in [-0.05, 0) is 24.0 Å². The first-order valence-corrected chi connectivity index (χ1v) is 5.27. The molecule has 0 amide bonds. The van der Waals surface area contributed by atoms with Gasteiger partial charge >= 0.3 is 0 Å². The molecule has 1 heterocycles. The van der Waals surface area contributed by atoms with Crippen LogP contribution in [0.15, 0.2) is 18.3 Å². The first-order valence-electron chi connectivity index (χ1n) is 5.27. The maximum Gasteiger partial charge on any atom is 0.140 e. The molecule has 0 aromatic carbocycles. The van der Waals surface area contributed by atoms with Crippen LogP contribution in [0.5, 0.6) is 5.75 Å². The van der Waals surface area contributed by atoms with E-state index in [2.05, 4.69) is 18.8 Å². The highest BCUT2D eigenvalue weighted by Gasteiger charge is 2.63. The largest absolute Gasteiger partial charge is 0.495 e. The molecule has 0 saturated heterocycles. The molecule has 1 aromatic rings. The third kappa shape index (κ3) is 1.34. The first-order chi connectivity index (χ1) is 7.07. The zero-order valence-corrected chi connectivity index (χ0v) is 9.58. The van der Waals surface area contributed by atoms with Gasteiger partial charge < -0.3 is 10.5 Å². The molecule has 1 aliphatic rings. The van der Waals surface area contributed by atoms with Gasteiger partial charge in [-0.1, -0.05) is 13.8 Å². The molecule has 15 heavy (non-hydrogen) atoms. The zero-order chi connectivity index (χ0) is 11.1. The second-order valence-corrected chi connectivity index (χ2v) is 4.90. The normalized spacial score (nSPS) is 27.5. The fraction of sp³-hybridized carbons (Fsp3) is 0.583. The average Bonchev–Trinajstić information content (AvgIpc) is 2.82. The fourth-order valence-corrected chi connectivity index (χ4v) is 2.47. The summed E-state index contributed by atoms with van der Waals surface area (Å²) in [5.41, 5.74) is 7.17. The van der Waals surface area contributed by atoms with E-state index in [1.807, 2.05) is 18.3 Å². The van der Waals surface area contributed by atoms with Crippen LogP contribution in [-0.4, -0.2) is 18.6 Å². The van der Waals surface area contributed by atoms with Gasteiger partial charge in [-0.3, -0.25) is 4.98 Å². The summed E-state index contributed by atoms with van der Waals surface area (Å²) in [6.45, 7) is 5.09. The Morgan fingerprint density at radius 2 is 2.20 bits per heavy atom. The molecule has 1 aliphatic carbocycles. The van der Waals surface area contributed by atoms with Crippen molar-refractivity contribution in [3.05, 3.63) is 24.0 Å². The minimum absolute atomic E-state index is 0.0135. The first kappa shape index (κ1) is 10.4. The molecule has 1 atom stereocenters. The Morgan fingerprint density at radius 1 is 1.53 bits per heavy atom. The zero-order valence-electron chi connectivity index (χ0n) is 9.58. The van der Waals surface area contributed by atoms with E-state index < -0.39 is 0 Å². The van der Waals surface area contributed by atoms with Gasteiger partial charge in [-0.2, -0.15) is 0 Å². The maximum absolute atomic E-state index is 5.90. The van der Waals surface area contributed by atoms with Crippen LogP contribution in [0.1, 0.15) is 26.0 Å². The lowest BCUT2D eigenvalue weighted by molar-refractivity contribution is 0.389. The Morgan fingerprint density at radius 3 is 2.67 bits per heavy atom. The highest BCUT2D eigenvalue weighted by molar-refractivity contribution is 5.42. The molecule has 0 bridgehead atoms. The Balaban J connectivity index is 2.46. The van der Waals surface area contributed by atoms with E-state index in [-0.39, 0.29) is 10.8 Å². The van der Waals surface area contributed by atoms with E-state index in [9.17, 15) is 0 Å². The quantitative estimate of drug-likeness (QED) is 0.819. The summed E-state index contributed by atoms with van der Waals surface area (Å²) in [4.78, 5) is 4.45. The van der Waals surface area contributed by atoms with Crippen LogP contribution in [0.4, 0.5) is 0 Å². The molecule has 1 unspecified atom stereocenters. The van der Waals surface area contributed by atoms with Crippen LogP contribution in [-0.2, 0) is 5.41 Å². The van der Waals surface area contributed by atoms with Gasteiger partial charge in [0.15, 0.2) is 0 Å². The Hall–Kier alpha value is -1.09. The number of nitrogens with zero attached hydrogens (tertiary/aromatic N) is 1. The SMILES string of the molecule is COc1cccnc1C1(CN)CC1(C)C. The van der Waals surface area contributed by atoms with Crippen molar-refractivity contribution in [2.45, 2.75) is 25.7 Å². The summed E-state index contributed by atoms with van der Waals surface area (Å²) >= 11 is 0. The van der Waals surface area contributed by atoms with Crippen molar-refractivity contribution < 1.29 is 4.74 Å². The van der Waals surface area contributed by atoms with Gasteiger partial charge in [-0.25, -0.2) is 0 Å². The van der Waals surface area contributed by atoms with Gasteiger partial charge in [0.05, 0.1) is 12.8 Å². The van der Waals surface area contributed by atoms with E-state index in [0.29, 0.717) is 6.54 Å². The molecule has 1 aromatic heterocycles. The smallest absolute Gasteiger partial charge is 0.140 e. The second-order valence-electron chi connectivity index (χ2n) is 4.90. The molecule has 3 heteroatoms. The van der Waals surface area contributed by atoms with E-state index >= 15 is 0 Å². The second kappa shape index (κ2) is 3.20. The minimum Gasteiger partial charge on any atom is -0.495 e. The topological polar surface area (TPSA) is 48.1 Å². The predicted octanol–water partition coefficient (Wildman–Crippen LogP) is 1.72. The number of pyridine rings is 1. The van der Waals surface area contributed by atoms with Gasteiger partial charge in [0, 0.05) is 18.2 Å². The van der Waals surface area contributed by atoms with Crippen molar-refractivity contribution in [3.8, 4) is 5.75 Å². The van der Waals surface area contributed by atoms with E-state index in [1.54, 1.807) is 7.11 Å². The number of hydrogen-bond acceptors (Lipinski definition) is 3. The van der Waals surface area contributed by atoms with Crippen molar-refractivity contribution in [2.75, 3.05) is 13.7 Å². The number of methoxy groups -OCH3 is 1. The molecule has 0 radical (unpaired) electrons. The molecule has 2 rings (SSSR count). The van der Waals surface area contributed by atoms with Crippen molar-refractivity contribution >= 4 is 0 Å². The maximum atomic E-state index is 5.90. The molecule has 1 fully saturated rings. The molecule has 2 N–H and O–H groups in total. The molecule has 0 spiro atoms. The number of rotatable bonds is 3. The van der Waals surface area contributed by atoms with Crippen LogP contribution in [0.2, 0.25) is 0 Å². The van der Waals surface area contributed by atoms with Crippen LogP contribution in [0.25, 0.3) is 0 Å². The Bertz CT molecular complexity index is 376. The van der Waals surface area contributed by atoms with E-state index in [4.69, 9.17) is 10.5 Å². The Kier molecular flexibility index (Phi) is 2.23. The molecular formula is C12H18N2O. The monoisotopic (exact) mass is 206 g/mol. The summed E-state index contributed by atoms with van der Waals surface area (Å²) in [7, 11) is 1.68. The number of hydrogen-bond donors (Lipinski definition) is 1. The summed E-state index contributed by atoms with van der Waals surface area (Å²) < 4.78 is 5.35. The van der Waals surface area contributed by atoms with Gasteiger partial charge in [0.1, 0.15) is 5.75 Å². The lowest BCUT2D eigenvalue weighted by Gasteiger charge is -2.20. The van der Waals surface area contributed by atoms with Crippen molar-refractivity contribution in [1.82, 2.24) is 4.98 Å². The van der Waals surface area contributed by atoms with Crippen molar-refractivity contribution in [2.24, 2.45) is 11.1 Å². The van der Waals surface area contributed by atoms with Crippen LogP contribution in [0.3, 0.4) is 0 Å². The Labute approximate surface area is 90.7 Å². The minimum atomic E-state index is 0.0135. The summed E-state index contributed by atoms with van der Waals surface area (Å²) in [6.07, 6.45) is 2.90. The summed E-state index contributed by atoms with van der Waals surface area (Å²) in [6, 6.07) is 3.84. The fourth-order valence-electron chi connectivity index (χ4n) is 2.47. The summed E-state index contributed by atoms with van der Waals surface area (Å²) in [5.74, 6) is 0.855. The highest BCUT2D eigenvalue weighted by atomic mass is 16.5. The van der Waals surface area contributed by atoms with Gasteiger partial charge in [0.25, 0.3) is 0 Å². The highest BCUT2D eigenvalue weighted by Crippen LogP contribution is 2.64. The van der Waals surface area contributed by atoms with Crippen molar-refractivity contribution in [1.29, 1.82) is 0 Å². The molecule has 3 nitrogen and oxygen atoms in total. The number of aromatic nitrogens is 1. The molecule has 0 aliphatic heterocycles. The molecular weight excluding hydrogens is 188 g/mol. The lowest BCUT2D eigenvalue weighted by atomic mass is 9.91.